The molecule has 17 heavy (non-hydrogen) atoms. The van der Waals surface area contributed by atoms with Gasteiger partial charge in [-0.2, -0.15) is 0 Å². The van der Waals surface area contributed by atoms with E-state index in [1.54, 1.807) is 0 Å². The van der Waals surface area contributed by atoms with Crippen LogP contribution in [-0.2, 0) is 0 Å². The van der Waals surface area contributed by atoms with E-state index in [-0.39, 0.29) is 0 Å². The third kappa shape index (κ3) is 3.47. The van der Waals surface area contributed by atoms with Gasteiger partial charge in [0.25, 0.3) is 0 Å². The molecule has 1 aromatic rings. The third-order valence-corrected chi connectivity index (χ3v) is 3.56. The van der Waals surface area contributed by atoms with Gasteiger partial charge in [-0.3, -0.25) is 0 Å². The van der Waals surface area contributed by atoms with Crippen LogP contribution in [0.2, 0.25) is 0 Å². The molecule has 1 aromatic carbocycles. The van der Waals surface area contributed by atoms with Crippen LogP contribution in [0.5, 0.6) is 0 Å². The van der Waals surface area contributed by atoms with Crippen molar-refractivity contribution in [3.8, 4) is 0 Å². The van der Waals surface area contributed by atoms with Gasteiger partial charge in [-0.15, -0.1) is 0 Å². The van der Waals surface area contributed by atoms with Crippen molar-refractivity contribution < 1.29 is 0 Å². The highest BCUT2D eigenvalue weighted by molar-refractivity contribution is 5.45. The van der Waals surface area contributed by atoms with Crippen molar-refractivity contribution in [2.75, 3.05) is 25.5 Å². The van der Waals surface area contributed by atoms with Crippen molar-refractivity contribution in [1.82, 2.24) is 4.90 Å². The zero-order valence-corrected chi connectivity index (χ0v) is 11.2. The fraction of sp³-hybridized carbons (Fsp3) is 0.600. The number of benzene rings is 1. The molecule has 0 bridgehead atoms. The van der Waals surface area contributed by atoms with Crippen molar-refractivity contribution >= 4 is 5.69 Å². The van der Waals surface area contributed by atoms with E-state index < -0.39 is 0 Å². The van der Waals surface area contributed by atoms with Gasteiger partial charge in [0.05, 0.1) is 0 Å². The maximum Gasteiger partial charge on any atom is 0.0342 e. The van der Waals surface area contributed by atoms with Gasteiger partial charge in [-0.25, -0.2) is 0 Å². The molecule has 1 fully saturated rings. The molecule has 0 atom stereocenters. The molecule has 1 aliphatic heterocycles. The molecular weight excluding hydrogens is 208 g/mol. The molecule has 1 heterocycles. The van der Waals surface area contributed by atoms with Crippen LogP contribution in [0.3, 0.4) is 0 Å². The molecular formula is C15H24N2. The van der Waals surface area contributed by atoms with E-state index in [4.69, 9.17) is 0 Å². The summed E-state index contributed by atoms with van der Waals surface area (Å²) in [4.78, 5) is 2.42. The van der Waals surface area contributed by atoms with Crippen molar-refractivity contribution in [2.24, 2.45) is 0 Å². The second-order valence-corrected chi connectivity index (χ2v) is 5.50. The van der Waals surface area contributed by atoms with E-state index in [0.29, 0.717) is 6.04 Å². The average molecular weight is 232 g/mol. The second-order valence-electron chi connectivity index (χ2n) is 5.50. The van der Waals surface area contributed by atoms with Crippen LogP contribution in [0.15, 0.2) is 24.3 Å². The highest BCUT2D eigenvalue weighted by Gasteiger charge is 2.17. The average Bonchev–Trinajstić information content (AvgIpc) is 2.30. The molecule has 0 spiro atoms. The summed E-state index contributed by atoms with van der Waals surface area (Å²) in [6.45, 7) is 6.81. The number of hydrogen-bond donors (Lipinski definition) is 1. The topological polar surface area (TPSA) is 15.3 Å². The number of nitrogens with one attached hydrogen (secondary N) is 1. The molecule has 2 nitrogen and oxygen atoms in total. The van der Waals surface area contributed by atoms with Crippen LogP contribution in [0.1, 0.15) is 38.2 Å². The van der Waals surface area contributed by atoms with Gasteiger partial charge in [-0.05, 0) is 70.4 Å². The summed E-state index contributed by atoms with van der Waals surface area (Å²) in [5.41, 5.74) is 2.74. The number of rotatable bonds is 3. The summed E-state index contributed by atoms with van der Waals surface area (Å²) in [5, 5.41) is 3.43. The fourth-order valence-corrected chi connectivity index (χ4v) is 2.53. The Morgan fingerprint density at radius 1 is 1.12 bits per heavy atom. The molecule has 1 N–H and O–H groups in total. The number of nitrogens with zero attached hydrogens (tertiary/aromatic N) is 1. The highest BCUT2D eigenvalue weighted by Crippen LogP contribution is 2.28. The van der Waals surface area contributed by atoms with E-state index in [1.807, 2.05) is 0 Å². The van der Waals surface area contributed by atoms with E-state index in [0.717, 1.165) is 5.92 Å². The zero-order valence-electron chi connectivity index (χ0n) is 11.2. The summed E-state index contributed by atoms with van der Waals surface area (Å²) >= 11 is 0. The minimum absolute atomic E-state index is 0.504. The summed E-state index contributed by atoms with van der Waals surface area (Å²) in [5.74, 6) is 0.763. The molecule has 0 radical (unpaired) electrons. The Hall–Kier alpha value is -1.02. The molecule has 1 aliphatic rings. The fourth-order valence-electron chi connectivity index (χ4n) is 2.53. The minimum atomic E-state index is 0.504. The Kier molecular flexibility index (Phi) is 4.06. The maximum absolute atomic E-state index is 3.43. The predicted octanol–water partition coefficient (Wildman–Crippen LogP) is 3.32. The number of hydrogen-bond acceptors (Lipinski definition) is 2. The first-order chi connectivity index (χ1) is 8.15. The Morgan fingerprint density at radius 2 is 1.71 bits per heavy atom. The smallest absolute Gasteiger partial charge is 0.0342 e. The Morgan fingerprint density at radius 3 is 2.24 bits per heavy atom. The van der Waals surface area contributed by atoms with Crippen molar-refractivity contribution in [3.63, 3.8) is 0 Å². The van der Waals surface area contributed by atoms with Crippen molar-refractivity contribution in [1.29, 1.82) is 0 Å². The van der Waals surface area contributed by atoms with Gasteiger partial charge >= 0.3 is 0 Å². The third-order valence-electron chi connectivity index (χ3n) is 3.56. The van der Waals surface area contributed by atoms with E-state index in [9.17, 15) is 0 Å². The lowest BCUT2D eigenvalue weighted by Gasteiger charge is -2.29. The van der Waals surface area contributed by atoms with E-state index in [2.05, 4.69) is 55.4 Å². The molecule has 2 heteroatoms. The van der Waals surface area contributed by atoms with Gasteiger partial charge < -0.3 is 10.2 Å². The van der Waals surface area contributed by atoms with E-state index >= 15 is 0 Å². The second kappa shape index (κ2) is 5.54. The largest absolute Gasteiger partial charge is 0.383 e. The predicted molar refractivity (Wildman–Crippen MR) is 74.7 cm³/mol. The lowest BCUT2D eigenvalue weighted by Crippen LogP contribution is -2.29. The van der Waals surface area contributed by atoms with Crippen molar-refractivity contribution in [2.45, 2.75) is 38.6 Å². The molecule has 1 saturated heterocycles. The molecule has 0 saturated carbocycles. The SMILES string of the molecule is CC(C)Nc1ccc(C2CCN(C)CC2)cc1. The van der Waals surface area contributed by atoms with Crippen LogP contribution in [-0.4, -0.2) is 31.1 Å². The van der Waals surface area contributed by atoms with Gasteiger partial charge in [-0.1, -0.05) is 12.1 Å². The minimum Gasteiger partial charge on any atom is -0.383 e. The normalized spacial score (nSPS) is 18.6. The van der Waals surface area contributed by atoms with Crippen LogP contribution >= 0.6 is 0 Å². The Labute approximate surface area is 105 Å². The van der Waals surface area contributed by atoms with Crippen LogP contribution in [0.25, 0.3) is 0 Å². The lowest BCUT2D eigenvalue weighted by molar-refractivity contribution is 0.255. The van der Waals surface area contributed by atoms with Gasteiger partial charge in [0.15, 0.2) is 0 Å². The summed E-state index contributed by atoms with van der Waals surface area (Å²) in [7, 11) is 2.21. The summed E-state index contributed by atoms with van der Waals surface area (Å²) in [6.07, 6.45) is 2.60. The first kappa shape index (κ1) is 12.4. The van der Waals surface area contributed by atoms with Gasteiger partial charge in [0.1, 0.15) is 0 Å². The standard InChI is InChI=1S/C15H24N2/c1-12(2)16-15-6-4-13(5-7-15)14-8-10-17(3)11-9-14/h4-7,12,14,16H,8-11H2,1-3H3. The van der Waals surface area contributed by atoms with Crippen LogP contribution in [0.4, 0.5) is 5.69 Å². The zero-order chi connectivity index (χ0) is 12.3. The van der Waals surface area contributed by atoms with Crippen LogP contribution in [0, 0.1) is 0 Å². The quantitative estimate of drug-likeness (QED) is 0.860. The highest BCUT2D eigenvalue weighted by atomic mass is 15.1. The van der Waals surface area contributed by atoms with Crippen LogP contribution < -0.4 is 5.32 Å². The number of piperidine rings is 1. The van der Waals surface area contributed by atoms with E-state index in [1.165, 1.54) is 37.2 Å². The number of likely N-dealkylation sites (tertiary alicyclic amines) is 1. The number of anilines is 1. The molecule has 94 valence electrons. The first-order valence-corrected chi connectivity index (χ1v) is 6.70. The van der Waals surface area contributed by atoms with Crippen molar-refractivity contribution in [3.05, 3.63) is 29.8 Å². The van der Waals surface area contributed by atoms with Gasteiger partial charge in [0.2, 0.25) is 0 Å². The Bertz CT molecular complexity index is 334. The molecule has 0 aliphatic carbocycles. The molecule has 0 aromatic heterocycles. The Balaban J connectivity index is 1.97. The molecule has 0 amide bonds. The molecule has 0 unspecified atom stereocenters. The van der Waals surface area contributed by atoms with Gasteiger partial charge in [0, 0.05) is 11.7 Å². The maximum atomic E-state index is 3.43. The summed E-state index contributed by atoms with van der Waals surface area (Å²) < 4.78 is 0. The summed E-state index contributed by atoms with van der Waals surface area (Å²) in [6, 6.07) is 9.52. The lowest BCUT2D eigenvalue weighted by atomic mass is 9.89. The molecule has 2 rings (SSSR count). The monoisotopic (exact) mass is 232 g/mol. The first-order valence-electron chi connectivity index (χ1n) is 6.70.